The van der Waals surface area contributed by atoms with Gasteiger partial charge in [0, 0.05) is 12.7 Å². The molecule has 0 unspecified atom stereocenters. The molecule has 26 heavy (non-hydrogen) atoms. The van der Waals surface area contributed by atoms with Crippen molar-refractivity contribution in [1.82, 2.24) is 10.3 Å². The minimum Gasteiger partial charge on any atom is -0.353 e. The van der Waals surface area contributed by atoms with Gasteiger partial charge in [-0.1, -0.05) is 54.1 Å². The van der Waals surface area contributed by atoms with Crippen LogP contribution < -0.4 is 10.6 Å². The highest BCUT2D eigenvalue weighted by Gasteiger charge is 2.07. The van der Waals surface area contributed by atoms with Crippen molar-refractivity contribution in [2.75, 3.05) is 11.9 Å². The first kappa shape index (κ1) is 18.0. The molecule has 0 spiro atoms. The van der Waals surface area contributed by atoms with E-state index in [4.69, 9.17) is 11.6 Å². The molecule has 2 N–H and O–H groups in total. The highest BCUT2D eigenvalue weighted by Crippen LogP contribution is 2.24. The van der Waals surface area contributed by atoms with Crippen molar-refractivity contribution in [3.63, 3.8) is 0 Å². The van der Waals surface area contributed by atoms with E-state index in [1.807, 2.05) is 36.4 Å². The summed E-state index contributed by atoms with van der Waals surface area (Å²) in [5.41, 5.74) is 3.28. The Bertz CT molecular complexity index is 868. The number of pyridine rings is 1. The number of nitrogens with zero attached hydrogens (tertiary/aromatic N) is 1. The van der Waals surface area contributed by atoms with Gasteiger partial charge in [0.05, 0.1) is 28.2 Å². The molecule has 1 heterocycles. The summed E-state index contributed by atoms with van der Waals surface area (Å²) in [6, 6.07) is 19.4. The first-order chi connectivity index (χ1) is 12.7. The van der Waals surface area contributed by atoms with E-state index in [1.165, 1.54) is 5.56 Å². The molecule has 3 aromatic rings. The van der Waals surface area contributed by atoms with Crippen molar-refractivity contribution in [2.24, 2.45) is 0 Å². The second-order valence-electron chi connectivity index (χ2n) is 5.91. The standard InChI is InChI=1S/C21H20ClN3O/c22-19-10-4-5-11-20(19)25-18-13-17(14-23-15-18)21(26)24-12-6-9-16-7-2-1-3-8-16/h1-5,7-8,10-11,13-15,25H,6,9,12H2,(H,24,26). The summed E-state index contributed by atoms with van der Waals surface area (Å²) < 4.78 is 0. The van der Waals surface area contributed by atoms with Crippen LogP contribution in [0.4, 0.5) is 11.4 Å². The summed E-state index contributed by atoms with van der Waals surface area (Å²) in [5, 5.41) is 6.73. The lowest BCUT2D eigenvalue weighted by atomic mass is 10.1. The predicted octanol–water partition coefficient (Wildman–Crippen LogP) is 4.84. The van der Waals surface area contributed by atoms with Gasteiger partial charge in [-0.25, -0.2) is 0 Å². The molecule has 0 aliphatic heterocycles. The second kappa shape index (κ2) is 9.02. The van der Waals surface area contributed by atoms with Gasteiger partial charge in [0.1, 0.15) is 0 Å². The number of amides is 1. The van der Waals surface area contributed by atoms with Crippen LogP contribution in [0.5, 0.6) is 0 Å². The molecule has 1 aromatic heterocycles. The molecule has 0 bridgehead atoms. The summed E-state index contributed by atoms with van der Waals surface area (Å²) in [6.45, 7) is 0.621. The first-order valence-electron chi connectivity index (χ1n) is 8.51. The van der Waals surface area contributed by atoms with Gasteiger partial charge in [-0.15, -0.1) is 0 Å². The average Bonchev–Trinajstić information content (AvgIpc) is 2.68. The van der Waals surface area contributed by atoms with Gasteiger partial charge in [-0.2, -0.15) is 0 Å². The van der Waals surface area contributed by atoms with E-state index in [-0.39, 0.29) is 5.91 Å². The van der Waals surface area contributed by atoms with E-state index in [9.17, 15) is 4.79 Å². The maximum absolute atomic E-state index is 12.3. The average molecular weight is 366 g/mol. The van der Waals surface area contributed by atoms with Crippen molar-refractivity contribution in [1.29, 1.82) is 0 Å². The fraction of sp³-hybridized carbons (Fsp3) is 0.143. The molecule has 0 saturated heterocycles. The molecule has 0 aliphatic rings. The summed E-state index contributed by atoms with van der Waals surface area (Å²) in [5.74, 6) is -0.131. The Morgan fingerprint density at radius 3 is 2.58 bits per heavy atom. The number of rotatable bonds is 7. The third kappa shape index (κ3) is 5.07. The number of aryl methyl sites for hydroxylation is 1. The highest BCUT2D eigenvalue weighted by atomic mass is 35.5. The van der Waals surface area contributed by atoms with Crippen LogP contribution in [0.15, 0.2) is 73.1 Å². The largest absolute Gasteiger partial charge is 0.353 e. The maximum atomic E-state index is 12.3. The van der Waals surface area contributed by atoms with Gasteiger partial charge in [0.25, 0.3) is 5.91 Å². The lowest BCUT2D eigenvalue weighted by Crippen LogP contribution is -2.25. The molecule has 3 rings (SSSR count). The molecule has 0 aliphatic carbocycles. The molecule has 4 nitrogen and oxygen atoms in total. The summed E-state index contributed by atoms with van der Waals surface area (Å²) in [4.78, 5) is 16.5. The van der Waals surface area contributed by atoms with Gasteiger partial charge < -0.3 is 10.6 Å². The number of anilines is 2. The summed E-state index contributed by atoms with van der Waals surface area (Å²) in [6.07, 6.45) is 5.05. The quantitative estimate of drug-likeness (QED) is 0.589. The SMILES string of the molecule is O=C(NCCCc1ccccc1)c1cncc(Nc2ccccc2Cl)c1. The van der Waals surface area contributed by atoms with Crippen molar-refractivity contribution in [3.8, 4) is 0 Å². The first-order valence-corrected chi connectivity index (χ1v) is 8.89. The van der Waals surface area contributed by atoms with Gasteiger partial charge in [0.2, 0.25) is 0 Å². The van der Waals surface area contributed by atoms with Gasteiger partial charge >= 0.3 is 0 Å². The van der Waals surface area contributed by atoms with Crippen molar-refractivity contribution < 1.29 is 4.79 Å². The molecule has 2 aromatic carbocycles. The molecular formula is C21H20ClN3O. The molecular weight excluding hydrogens is 346 g/mol. The van der Waals surface area contributed by atoms with Crippen LogP contribution in [0.1, 0.15) is 22.3 Å². The number of benzene rings is 2. The Morgan fingerprint density at radius 1 is 1.00 bits per heavy atom. The second-order valence-corrected chi connectivity index (χ2v) is 6.32. The van der Waals surface area contributed by atoms with Gasteiger partial charge in [-0.05, 0) is 36.6 Å². The number of hydrogen-bond acceptors (Lipinski definition) is 3. The number of carbonyl (C=O) groups excluding carboxylic acids is 1. The smallest absolute Gasteiger partial charge is 0.252 e. The molecule has 132 valence electrons. The fourth-order valence-corrected chi connectivity index (χ4v) is 2.77. The van der Waals surface area contributed by atoms with Crippen molar-refractivity contribution in [3.05, 3.63) is 89.2 Å². The van der Waals surface area contributed by atoms with Crippen molar-refractivity contribution in [2.45, 2.75) is 12.8 Å². The normalized spacial score (nSPS) is 10.3. The van der Waals surface area contributed by atoms with Crippen LogP contribution in [-0.4, -0.2) is 17.4 Å². The van der Waals surface area contributed by atoms with Gasteiger partial charge in [0.15, 0.2) is 0 Å². The summed E-state index contributed by atoms with van der Waals surface area (Å²) >= 11 is 6.15. The van der Waals surface area contributed by atoms with E-state index < -0.39 is 0 Å². The van der Waals surface area contributed by atoms with Crippen molar-refractivity contribution >= 4 is 28.9 Å². The van der Waals surface area contributed by atoms with Crippen LogP contribution in [0.2, 0.25) is 5.02 Å². The van der Waals surface area contributed by atoms with E-state index in [0.29, 0.717) is 17.1 Å². The van der Waals surface area contributed by atoms with E-state index in [2.05, 4.69) is 27.8 Å². The predicted molar refractivity (Wildman–Crippen MR) is 106 cm³/mol. The minimum absolute atomic E-state index is 0.131. The monoisotopic (exact) mass is 365 g/mol. The molecule has 0 saturated carbocycles. The Morgan fingerprint density at radius 2 is 1.77 bits per heavy atom. The molecule has 1 amide bonds. The van der Waals surface area contributed by atoms with E-state index in [1.54, 1.807) is 24.5 Å². The molecule has 0 fully saturated rings. The Balaban J connectivity index is 1.54. The van der Waals surface area contributed by atoms with Crippen LogP contribution in [0.3, 0.4) is 0 Å². The Kier molecular flexibility index (Phi) is 6.23. The molecule has 0 radical (unpaired) electrons. The zero-order chi connectivity index (χ0) is 18.2. The zero-order valence-corrected chi connectivity index (χ0v) is 15.0. The van der Waals surface area contributed by atoms with Crippen LogP contribution >= 0.6 is 11.6 Å². The van der Waals surface area contributed by atoms with Gasteiger partial charge in [-0.3, -0.25) is 9.78 Å². The lowest BCUT2D eigenvalue weighted by Gasteiger charge is -2.10. The Hall–Kier alpha value is -2.85. The molecule has 5 heteroatoms. The number of carbonyl (C=O) groups is 1. The number of para-hydroxylation sites is 1. The number of nitrogens with one attached hydrogen (secondary N) is 2. The van der Waals surface area contributed by atoms with Crippen LogP contribution in [0, 0.1) is 0 Å². The van der Waals surface area contributed by atoms with E-state index >= 15 is 0 Å². The summed E-state index contributed by atoms with van der Waals surface area (Å²) in [7, 11) is 0. The van der Waals surface area contributed by atoms with Crippen LogP contribution in [-0.2, 0) is 6.42 Å². The Labute approximate surface area is 158 Å². The number of aromatic nitrogens is 1. The third-order valence-electron chi connectivity index (χ3n) is 3.92. The number of halogens is 1. The fourth-order valence-electron chi connectivity index (χ4n) is 2.59. The third-order valence-corrected chi connectivity index (χ3v) is 4.25. The lowest BCUT2D eigenvalue weighted by molar-refractivity contribution is 0.0953. The maximum Gasteiger partial charge on any atom is 0.252 e. The molecule has 0 atom stereocenters. The van der Waals surface area contributed by atoms with Crippen LogP contribution in [0.25, 0.3) is 0 Å². The minimum atomic E-state index is -0.131. The topological polar surface area (TPSA) is 54.0 Å². The number of hydrogen-bond donors (Lipinski definition) is 2. The zero-order valence-electron chi connectivity index (χ0n) is 14.3. The highest BCUT2D eigenvalue weighted by molar-refractivity contribution is 6.33. The van der Waals surface area contributed by atoms with E-state index in [0.717, 1.165) is 24.2 Å².